The Morgan fingerprint density at radius 3 is 2.77 bits per heavy atom. The molecule has 8 nitrogen and oxygen atoms in total. The number of hydrogen-bond acceptors (Lipinski definition) is 5. The van der Waals surface area contributed by atoms with Gasteiger partial charge in [-0.05, 0) is 25.0 Å². The standard InChI is InChI=1S/C17H13FN8/c1-17(6-7-17)12-9-24(23-20-12)16-22-21-14-10-4-2-3-5-11(10)25-13(26(14)16)8-19-15(25)18/h2-5,8-9H,6-7H2,1H3. The molecule has 0 atom stereocenters. The van der Waals surface area contributed by atoms with Gasteiger partial charge in [-0.2, -0.15) is 9.07 Å². The Labute approximate surface area is 145 Å². The van der Waals surface area contributed by atoms with Gasteiger partial charge in [-0.1, -0.05) is 24.3 Å². The van der Waals surface area contributed by atoms with Gasteiger partial charge in [0.05, 0.1) is 23.6 Å². The van der Waals surface area contributed by atoms with Crippen LogP contribution in [0.25, 0.3) is 28.1 Å². The van der Waals surface area contributed by atoms with Gasteiger partial charge in [0.1, 0.15) is 5.65 Å². The van der Waals surface area contributed by atoms with E-state index in [0.717, 1.165) is 23.9 Å². The second-order valence-corrected chi connectivity index (χ2v) is 7.01. The zero-order chi connectivity index (χ0) is 17.5. The van der Waals surface area contributed by atoms with Crippen LogP contribution in [0.4, 0.5) is 4.39 Å². The minimum atomic E-state index is -0.581. The zero-order valence-corrected chi connectivity index (χ0v) is 13.8. The predicted molar refractivity (Wildman–Crippen MR) is 90.7 cm³/mol. The number of benzene rings is 1. The summed E-state index contributed by atoms with van der Waals surface area (Å²) < 4.78 is 19.2. The number of hydrogen-bond donors (Lipinski definition) is 0. The first kappa shape index (κ1) is 13.9. The van der Waals surface area contributed by atoms with Crippen LogP contribution in [0.3, 0.4) is 0 Å². The highest BCUT2D eigenvalue weighted by Gasteiger charge is 2.42. The molecule has 6 rings (SSSR count). The molecule has 1 fully saturated rings. The zero-order valence-electron chi connectivity index (χ0n) is 13.8. The summed E-state index contributed by atoms with van der Waals surface area (Å²) in [5.74, 6) is 0.457. The van der Waals surface area contributed by atoms with Crippen molar-refractivity contribution >= 4 is 22.2 Å². The number of aromatic nitrogens is 8. The van der Waals surface area contributed by atoms with Crippen molar-refractivity contribution in [3.05, 3.63) is 48.4 Å². The summed E-state index contributed by atoms with van der Waals surface area (Å²) in [5, 5.41) is 17.9. The van der Waals surface area contributed by atoms with Crippen molar-refractivity contribution in [1.29, 1.82) is 0 Å². The number of fused-ring (bicyclic) bond motifs is 6. The second-order valence-electron chi connectivity index (χ2n) is 7.01. The fraction of sp³-hybridized carbons (Fsp3) is 0.235. The van der Waals surface area contributed by atoms with Crippen LogP contribution in [0.2, 0.25) is 0 Å². The third kappa shape index (κ3) is 1.64. The molecule has 0 saturated heterocycles. The van der Waals surface area contributed by atoms with Crippen molar-refractivity contribution in [2.24, 2.45) is 0 Å². The Morgan fingerprint density at radius 2 is 1.92 bits per heavy atom. The molecule has 5 aromatic rings. The lowest BCUT2D eigenvalue weighted by molar-refractivity contribution is 0.539. The molecular weight excluding hydrogens is 335 g/mol. The summed E-state index contributed by atoms with van der Waals surface area (Å²) in [5.41, 5.74) is 2.88. The molecule has 1 aliphatic rings. The van der Waals surface area contributed by atoms with Crippen molar-refractivity contribution < 1.29 is 4.39 Å². The average molecular weight is 348 g/mol. The minimum absolute atomic E-state index is 0.101. The highest BCUT2D eigenvalue weighted by atomic mass is 19.1. The molecule has 0 unspecified atom stereocenters. The summed E-state index contributed by atoms with van der Waals surface area (Å²) >= 11 is 0. The number of imidazole rings is 1. The van der Waals surface area contributed by atoms with Crippen molar-refractivity contribution in [3.8, 4) is 5.95 Å². The van der Waals surface area contributed by atoms with E-state index >= 15 is 0 Å². The van der Waals surface area contributed by atoms with E-state index in [1.165, 1.54) is 10.6 Å². The summed E-state index contributed by atoms with van der Waals surface area (Å²) in [7, 11) is 0. The minimum Gasteiger partial charge on any atom is -0.253 e. The van der Waals surface area contributed by atoms with Gasteiger partial charge in [0.2, 0.25) is 0 Å². The highest BCUT2D eigenvalue weighted by molar-refractivity contribution is 5.94. The lowest BCUT2D eigenvalue weighted by Crippen LogP contribution is -2.05. The molecule has 9 heteroatoms. The molecule has 4 aromatic heterocycles. The van der Waals surface area contributed by atoms with E-state index in [9.17, 15) is 4.39 Å². The van der Waals surface area contributed by atoms with Gasteiger partial charge in [0.15, 0.2) is 5.65 Å². The molecule has 4 heterocycles. The van der Waals surface area contributed by atoms with Crippen molar-refractivity contribution in [3.63, 3.8) is 0 Å². The van der Waals surface area contributed by atoms with Gasteiger partial charge >= 0.3 is 0 Å². The van der Waals surface area contributed by atoms with Gasteiger partial charge in [0, 0.05) is 10.8 Å². The monoisotopic (exact) mass is 348 g/mol. The molecule has 1 saturated carbocycles. The SMILES string of the molecule is CC1(c2cn(-c3nnc4c5ccccc5n5c(F)ncc5n34)nn2)CC1. The normalized spacial score (nSPS) is 16.1. The lowest BCUT2D eigenvalue weighted by atomic mass is 10.1. The van der Waals surface area contributed by atoms with E-state index in [0.29, 0.717) is 22.8 Å². The molecule has 1 aliphatic carbocycles. The number of halogens is 1. The van der Waals surface area contributed by atoms with E-state index in [-0.39, 0.29) is 5.41 Å². The maximum absolute atomic E-state index is 14.4. The third-order valence-corrected chi connectivity index (χ3v) is 5.28. The fourth-order valence-corrected chi connectivity index (χ4v) is 3.45. The molecule has 0 amide bonds. The predicted octanol–water partition coefficient (Wildman–Crippen LogP) is 2.30. The van der Waals surface area contributed by atoms with Gasteiger partial charge in [-0.3, -0.25) is 4.40 Å². The second kappa shape index (κ2) is 4.43. The van der Waals surface area contributed by atoms with Gasteiger partial charge in [-0.25, -0.2) is 9.38 Å². The summed E-state index contributed by atoms with van der Waals surface area (Å²) in [6.07, 6.45) is 4.98. The Bertz CT molecular complexity index is 1320. The fourth-order valence-electron chi connectivity index (χ4n) is 3.45. The smallest absolute Gasteiger partial charge is 0.253 e. The number of para-hydroxylation sites is 1. The molecular formula is C17H13FN8. The van der Waals surface area contributed by atoms with Crippen LogP contribution in [-0.4, -0.2) is 39.0 Å². The first-order chi connectivity index (χ1) is 12.7. The quantitative estimate of drug-likeness (QED) is 0.489. The first-order valence-corrected chi connectivity index (χ1v) is 8.38. The lowest BCUT2D eigenvalue weighted by Gasteiger charge is -2.07. The van der Waals surface area contributed by atoms with Gasteiger partial charge in [0.25, 0.3) is 12.0 Å². The van der Waals surface area contributed by atoms with Crippen LogP contribution in [-0.2, 0) is 5.41 Å². The summed E-state index contributed by atoms with van der Waals surface area (Å²) in [6, 6.07) is 7.47. The van der Waals surface area contributed by atoms with Crippen molar-refractivity contribution in [1.82, 2.24) is 39.0 Å². The van der Waals surface area contributed by atoms with Crippen LogP contribution < -0.4 is 0 Å². The van der Waals surface area contributed by atoms with Crippen molar-refractivity contribution in [2.45, 2.75) is 25.2 Å². The largest absolute Gasteiger partial charge is 0.295 e. The first-order valence-electron chi connectivity index (χ1n) is 8.38. The van der Waals surface area contributed by atoms with E-state index < -0.39 is 6.08 Å². The maximum Gasteiger partial charge on any atom is 0.295 e. The maximum atomic E-state index is 14.4. The summed E-state index contributed by atoms with van der Waals surface area (Å²) in [6.45, 7) is 2.17. The number of nitrogens with zero attached hydrogens (tertiary/aromatic N) is 8. The van der Waals surface area contributed by atoms with Crippen LogP contribution in [0.5, 0.6) is 0 Å². The molecule has 0 N–H and O–H groups in total. The van der Waals surface area contributed by atoms with Crippen LogP contribution in [0.15, 0.2) is 36.7 Å². The van der Waals surface area contributed by atoms with E-state index in [1.54, 1.807) is 9.08 Å². The average Bonchev–Trinajstić information content (AvgIpc) is 3.06. The molecule has 0 bridgehead atoms. The van der Waals surface area contributed by atoms with Crippen LogP contribution in [0, 0.1) is 6.08 Å². The van der Waals surface area contributed by atoms with E-state index in [2.05, 4.69) is 32.4 Å². The molecule has 128 valence electrons. The van der Waals surface area contributed by atoms with Gasteiger partial charge < -0.3 is 0 Å². The molecule has 0 spiro atoms. The van der Waals surface area contributed by atoms with Crippen molar-refractivity contribution in [2.75, 3.05) is 0 Å². The van der Waals surface area contributed by atoms with Crippen LogP contribution >= 0.6 is 0 Å². The Balaban J connectivity index is 1.72. The Kier molecular flexibility index (Phi) is 2.36. The molecule has 1 aromatic carbocycles. The summed E-state index contributed by atoms with van der Waals surface area (Å²) in [4.78, 5) is 3.84. The Morgan fingerprint density at radius 1 is 1.08 bits per heavy atom. The Hall–Kier alpha value is -3.36. The topological polar surface area (TPSA) is 78.2 Å². The van der Waals surface area contributed by atoms with E-state index in [1.807, 2.05) is 30.5 Å². The van der Waals surface area contributed by atoms with Crippen LogP contribution in [0.1, 0.15) is 25.5 Å². The van der Waals surface area contributed by atoms with E-state index in [4.69, 9.17) is 0 Å². The van der Waals surface area contributed by atoms with Gasteiger partial charge in [-0.15, -0.1) is 15.3 Å². The molecule has 26 heavy (non-hydrogen) atoms. The molecule has 0 radical (unpaired) electrons. The molecule has 0 aliphatic heterocycles. The third-order valence-electron chi connectivity index (χ3n) is 5.28. The highest BCUT2D eigenvalue weighted by Crippen LogP contribution is 2.46. The number of rotatable bonds is 2.